The molecule has 0 aliphatic carbocycles. The Morgan fingerprint density at radius 3 is 0.714 bits per heavy atom. The van der Waals surface area contributed by atoms with Gasteiger partial charge >= 0.3 is 108 Å². The van der Waals surface area contributed by atoms with Crippen LogP contribution in [0.25, 0.3) is 0 Å². The Labute approximate surface area is 145 Å². The van der Waals surface area contributed by atoms with Crippen molar-refractivity contribution in [3.63, 3.8) is 0 Å². The van der Waals surface area contributed by atoms with Gasteiger partial charge in [0.1, 0.15) is 0 Å². The zero-order chi connectivity index (χ0) is 15.9. The first-order chi connectivity index (χ1) is 8.69. The van der Waals surface area contributed by atoms with Crippen LogP contribution in [0.2, 0.25) is 26.6 Å². The summed E-state index contributed by atoms with van der Waals surface area (Å²) in [4.78, 5) is 0. The van der Waals surface area contributed by atoms with Crippen molar-refractivity contribution in [3.8, 4) is 0 Å². The number of hydrogen-bond acceptors (Lipinski definition) is 4. The predicted molar refractivity (Wildman–Crippen MR) is 92.1 cm³/mol. The van der Waals surface area contributed by atoms with Crippen molar-refractivity contribution in [2.45, 2.75) is 68.2 Å². The molecular formula is C12H34O6SSn2-2. The zero-order valence-corrected chi connectivity index (χ0v) is 20.8. The minimum Gasteiger partial charge on any atom is -0.759 e. The van der Waals surface area contributed by atoms with Crippen LogP contribution in [0.4, 0.5) is 0 Å². The Kier molecular flexibility index (Phi) is 38.1. The number of hydrogen-bond donors (Lipinski definition) is 0. The van der Waals surface area contributed by atoms with Crippen LogP contribution in [0.5, 0.6) is 0 Å². The van der Waals surface area contributed by atoms with Crippen molar-refractivity contribution in [1.82, 2.24) is 0 Å². The molecule has 0 spiro atoms. The fourth-order valence-corrected chi connectivity index (χ4v) is 10.1. The third-order valence-corrected chi connectivity index (χ3v) is 20.1. The van der Waals surface area contributed by atoms with E-state index >= 15 is 0 Å². The molecule has 9 heteroatoms. The van der Waals surface area contributed by atoms with Crippen LogP contribution in [-0.2, 0) is 10.4 Å². The first-order valence-electron chi connectivity index (χ1n) is 7.03. The summed E-state index contributed by atoms with van der Waals surface area (Å²) in [6, 6.07) is 0. The molecular weight excluding hydrogens is 510 g/mol. The van der Waals surface area contributed by atoms with E-state index in [1.807, 2.05) is 0 Å². The normalized spacial score (nSPS) is 9.62. The van der Waals surface area contributed by atoms with Crippen LogP contribution < -0.4 is 0 Å². The van der Waals surface area contributed by atoms with E-state index < -0.39 is 49.9 Å². The quantitative estimate of drug-likeness (QED) is 0.287. The maximum absolute atomic E-state index is 8.52. The van der Waals surface area contributed by atoms with Crippen LogP contribution in [0, 0.1) is 0 Å². The molecule has 0 heterocycles. The van der Waals surface area contributed by atoms with Gasteiger partial charge in [0.05, 0.1) is 0 Å². The molecule has 0 aliphatic heterocycles. The molecule has 6 nitrogen and oxygen atoms in total. The summed E-state index contributed by atoms with van der Waals surface area (Å²) in [6.45, 7) is 14.1. The molecule has 4 N–H and O–H groups in total. The standard InChI is InChI=1S/6C2H5.H2O4S.2H2O.2Sn/c6*1-2;1-5(2,3)4;;;;/h6*1H2,2H3;(H2,1,2,3,4);2*1H2;;/p-2. The van der Waals surface area contributed by atoms with Crippen LogP contribution in [-0.4, -0.2) is 68.0 Å². The summed E-state index contributed by atoms with van der Waals surface area (Å²) >= 11 is -1.31. The van der Waals surface area contributed by atoms with Crippen molar-refractivity contribution >= 4 is 49.9 Å². The summed E-state index contributed by atoms with van der Waals surface area (Å²) in [7, 11) is -5.17. The molecule has 0 unspecified atom stereocenters. The van der Waals surface area contributed by atoms with Crippen molar-refractivity contribution in [2.75, 3.05) is 0 Å². The molecule has 0 rings (SSSR count). The van der Waals surface area contributed by atoms with E-state index in [1.165, 1.54) is 0 Å². The Hall–Kier alpha value is 1.39. The average molecular weight is 544 g/mol. The second-order valence-electron chi connectivity index (χ2n) is 4.03. The van der Waals surface area contributed by atoms with Crippen LogP contribution >= 0.6 is 0 Å². The molecule has 0 aromatic rings. The van der Waals surface area contributed by atoms with Crippen molar-refractivity contribution < 1.29 is 28.5 Å². The van der Waals surface area contributed by atoms with Gasteiger partial charge in [-0.25, -0.2) is 0 Å². The van der Waals surface area contributed by atoms with E-state index in [0.717, 1.165) is 0 Å². The van der Waals surface area contributed by atoms with E-state index in [0.29, 0.717) is 0 Å². The third kappa shape index (κ3) is 44.9. The van der Waals surface area contributed by atoms with Gasteiger partial charge in [-0.1, -0.05) is 0 Å². The molecule has 134 valence electrons. The van der Waals surface area contributed by atoms with Crippen LogP contribution in [0.15, 0.2) is 0 Å². The number of rotatable bonds is 6. The van der Waals surface area contributed by atoms with Gasteiger partial charge < -0.3 is 20.1 Å². The smallest absolute Gasteiger partial charge is 0.0311 e. The molecule has 0 aromatic heterocycles. The van der Waals surface area contributed by atoms with Crippen molar-refractivity contribution in [2.24, 2.45) is 0 Å². The topological polar surface area (TPSA) is 143 Å². The second kappa shape index (κ2) is 23.7. The van der Waals surface area contributed by atoms with Gasteiger partial charge in [0.2, 0.25) is 0 Å². The van der Waals surface area contributed by atoms with Gasteiger partial charge in [-0.3, -0.25) is 8.42 Å². The molecule has 0 saturated carbocycles. The maximum Gasteiger partial charge on any atom is 0.0311 e. The molecule has 0 bridgehead atoms. The Morgan fingerprint density at radius 1 is 0.619 bits per heavy atom. The van der Waals surface area contributed by atoms with E-state index in [2.05, 4.69) is 41.5 Å². The predicted octanol–water partition coefficient (Wildman–Crippen LogP) is 2.09. The molecule has 0 saturated heterocycles. The molecule has 0 fully saturated rings. The second-order valence-corrected chi connectivity index (χ2v) is 25.5. The van der Waals surface area contributed by atoms with Crippen molar-refractivity contribution in [1.29, 1.82) is 0 Å². The summed E-state index contributed by atoms with van der Waals surface area (Å²) in [5.74, 6) is 0. The Bertz CT molecular complexity index is 223. The first-order valence-corrected chi connectivity index (χ1v) is 20.5. The average Bonchev–Trinajstić information content (AvgIpc) is 2.32. The minimum absolute atomic E-state index is 0. The summed E-state index contributed by atoms with van der Waals surface area (Å²) < 4.78 is 43.4. The summed E-state index contributed by atoms with van der Waals surface area (Å²) in [5.41, 5.74) is 0. The van der Waals surface area contributed by atoms with Gasteiger partial charge in [0.25, 0.3) is 0 Å². The minimum atomic E-state index is -5.17. The maximum atomic E-state index is 8.52. The van der Waals surface area contributed by atoms with E-state index in [-0.39, 0.29) is 11.0 Å². The molecule has 0 aliphatic rings. The SMILES string of the molecule is C[CH2][Sn]([CH2]C)[CH2]C.C[CH2][Sn]([CH2]C)[CH2]C.O.O.O=S(=O)([O-])[O-]. The summed E-state index contributed by atoms with van der Waals surface area (Å²) in [6.07, 6.45) is 0. The van der Waals surface area contributed by atoms with E-state index in [4.69, 9.17) is 17.5 Å². The van der Waals surface area contributed by atoms with Gasteiger partial charge in [0.15, 0.2) is 0 Å². The zero-order valence-electron chi connectivity index (χ0n) is 14.3. The molecule has 2 radical (unpaired) electrons. The molecule has 21 heavy (non-hydrogen) atoms. The third-order valence-electron chi connectivity index (χ3n) is 3.00. The fraction of sp³-hybridized carbons (Fsp3) is 1.00. The van der Waals surface area contributed by atoms with Gasteiger partial charge in [0, 0.05) is 10.4 Å². The van der Waals surface area contributed by atoms with Gasteiger partial charge in [-0.2, -0.15) is 0 Å². The van der Waals surface area contributed by atoms with E-state index in [1.54, 1.807) is 26.6 Å². The van der Waals surface area contributed by atoms with Gasteiger partial charge in [-0.05, 0) is 0 Å². The van der Waals surface area contributed by atoms with E-state index in [9.17, 15) is 0 Å². The Balaban J connectivity index is -0.0000000590. The van der Waals surface area contributed by atoms with Crippen molar-refractivity contribution in [3.05, 3.63) is 0 Å². The van der Waals surface area contributed by atoms with Crippen LogP contribution in [0.3, 0.4) is 0 Å². The summed E-state index contributed by atoms with van der Waals surface area (Å²) in [5, 5.41) is 0. The molecule has 0 aromatic carbocycles. The fourth-order valence-electron chi connectivity index (χ4n) is 1.50. The van der Waals surface area contributed by atoms with Gasteiger partial charge in [-0.15, -0.1) is 0 Å². The molecule has 0 atom stereocenters. The molecule has 0 amide bonds. The monoisotopic (exact) mass is 546 g/mol. The van der Waals surface area contributed by atoms with Crippen LogP contribution in [0.1, 0.15) is 41.5 Å². The Morgan fingerprint density at radius 2 is 0.714 bits per heavy atom. The largest absolute Gasteiger partial charge is 0.759 e. The first kappa shape index (κ1) is 33.9.